The smallest absolute Gasteiger partial charge is 0.323 e. The molecule has 0 spiro atoms. The normalized spacial score (nSPS) is 23.9. The molecular weight excluding hydrogens is 322 g/mol. The van der Waals surface area contributed by atoms with Crippen LogP contribution >= 0.6 is 15.2 Å². The van der Waals surface area contributed by atoms with Crippen LogP contribution in [0.5, 0.6) is 0 Å². The Hall–Kier alpha value is 0.170. The summed E-state index contributed by atoms with van der Waals surface area (Å²) in [4.78, 5) is 35.2. The third-order valence-electron chi connectivity index (χ3n) is 2.47. The summed E-state index contributed by atoms with van der Waals surface area (Å²) in [5.41, 5.74) is 2.21. The van der Waals surface area contributed by atoms with E-state index in [9.17, 15) is 17.5 Å². The molecule has 13 heteroatoms. The van der Waals surface area contributed by atoms with Crippen molar-refractivity contribution in [3.8, 4) is 0 Å². The molecule has 1 aliphatic rings. The maximum atomic E-state index is 11.3. The highest BCUT2D eigenvalue weighted by atomic mass is 32.2. The minimum atomic E-state index is -4.48. The van der Waals surface area contributed by atoms with Crippen LogP contribution in [0.15, 0.2) is 0 Å². The summed E-state index contributed by atoms with van der Waals surface area (Å²) >= 11 is 0. The standard InChI is InChI=1S/C6H16N2O8P2S/c9-17(10,11)4-7-8(5-18(12,13)14)6-1-2-19(15,16)3-6/h6-7H,1-5H2,(H2,9,10,11)(H2,12,13,14). The van der Waals surface area contributed by atoms with Crippen LogP contribution in [-0.2, 0) is 19.0 Å². The largest absolute Gasteiger partial charge is 0.340 e. The second-order valence-corrected chi connectivity index (χ2v) is 9.80. The molecule has 0 saturated carbocycles. The van der Waals surface area contributed by atoms with Gasteiger partial charge in [0.2, 0.25) is 0 Å². The van der Waals surface area contributed by atoms with E-state index in [0.29, 0.717) is 0 Å². The van der Waals surface area contributed by atoms with Crippen molar-refractivity contribution in [2.24, 2.45) is 0 Å². The van der Waals surface area contributed by atoms with Gasteiger partial charge in [0.15, 0.2) is 9.84 Å². The lowest BCUT2D eigenvalue weighted by molar-refractivity contribution is 0.158. The van der Waals surface area contributed by atoms with Gasteiger partial charge in [0.25, 0.3) is 0 Å². The fraction of sp³-hybridized carbons (Fsp3) is 1.00. The topological polar surface area (TPSA) is 164 Å². The second kappa shape index (κ2) is 5.88. The number of hydrogen-bond donors (Lipinski definition) is 5. The Morgan fingerprint density at radius 2 is 1.74 bits per heavy atom. The Kier molecular flexibility index (Phi) is 5.33. The van der Waals surface area contributed by atoms with E-state index >= 15 is 0 Å². The van der Waals surface area contributed by atoms with Crippen LogP contribution in [0.2, 0.25) is 0 Å². The molecule has 0 aromatic heterocycles. The van der Waals surface area contributed by atoms with E-state index in [1.165, 1.54) is 0 Å². The van der Waals surface area contributed by atoms with E-state index in [-0.39, 0.29) is 17.9 Å². The van der Waals surface area contributed by atoms with Crippen LogP contribution < -0.4 is 5.43 Å². The first-order valence-corrected chi connectivity index (χ1v) is 10.6. The first-order chi connectivity index (χ1) is 8.38. The third-order valence-corrected chi connectivity index (χ3v) is 5.44. The van der Waals surface area contributed by atoms with Crippen LogP contribution in [0.25, 0.3) is 0 Å². The van der Waals surface area contributed by atoms with Crippen molar-refractivity contribution in [3.63, 3.8) is 0 Å². The molecule has 1 rings (SSSR count). The van der Waals surface area contributed by atoms with Gasteiger partial charge in [-0.05, 0) is 6.42 Å². The number of hydrogen-bond acceptors (Lipinski definition) is 6. The van der Waals surface area contributed by atoms with E-state index in [2.05, 4.69) is 5.43 Å². The Labute approximate surface area is 110 Å². The number of sulfone groups is 1. The van der Waals surface area contributed by atoms with Crippen LogP contribution in [0.1, 0.15) is 6.42 Å². The Morgan fingerprint density at radius 1 is 1.16 bits per heavy atom. The van der Waals surface area contributed by atoms with Crippen molar-refractivity contribution >= 4 is 25.0 Å². The summed E-state index contributed by atoms with van der Waals surface area (Å²) in [7, 11) is -12.2. The molecule has 0 aromatic rings. The van der Waals surface area contributed by atoms with Crippen molar-refractivity contribution < 1.29 is 37.1 Å². The molecule has 1 atom stereocenters. The molecule has 0 aromatic carbocycles. The van der Waals surface area contributed by atoms with Gasteiger partial charge in [0.05, 0.1) is 11.5 Å². The summed E-state index contributed by atoms with van der Waals surface area (Å²) in [6.45, 7) is 0. The lowest BCUT2D eigenvalue weighted by atomic mass is 10.3. The molecule has 1 saturated heterocycles. The van der Waals surface area contributed by atoms with Gasteiger partial charge in [-0.1, -0.05) is 0 Å². The molecule has 1 unspecified atom stereocenters. The molecule has 0 radical (unpaired) electrons. The zero-order valence-electron chi connectivity index (χ0n) is 9.78. The van der Waals surface area contributed by atoms with E-state index in [1.807, 2.05) is 0 Å². The third kappa shape index (κ3) is 6.94. The van der Waals surface area contributed by atoms with Gasteiger partial charge in [-0.3, -0.25) is 9.13 Å². The molecular formula is C6H16N2O8P2S. The molecule has 1 fully saturated rings. The molecule has 0 bridgehead atoms. The fourth-order valence-electron chi connectivity index (χ4n) is 1.70. The summed E-state index contributed by atoms with van der Waals surface area (Å²) in [5.74, 6) is -0.423. The minimum Gasteiger partial charge on any atom is -0.323 e. The van der Waals surface area contributed by atoms with E-state index < -0.39 is 43.6 Å². The molecule has 0 aliphatic carbocycles. The molecule has 1 aliphatic heterocycles. The quantitative estimate of drug-likeness (QED) is 0.277. The molecule has 0 amide bonds. The SMILES string of the molecule is O=P(O)(O)CNN(CP(=O)(O)O)C1CCS(=O)(=O)C1. The first kappa shape index (κ1) is 17.2. The molecule has 114 valence electrons. The predicted molar refractivity (Wildman–Crippen MR) is 65.9 cm³/mol. The van der Waals surface area contributed by atoms with Crippen LogP contribution in [0.4, 0.5) is 0 Å². The minimum absolute atomic E-state index is 0.118. The fourth-order valence-corrected chi connectivity index (χ4v) is 4.52. The zero-order chi connectivity index (χ0) is 14.9. The maximum Gasteiger partial charge on any atom is 0.340 e. The molecule has 5 N–H and O–H groups in total. The number of nitrogens with one attached hydrogen (secondary N) is 1. The van der Waals surface area contributed by atoms with Crippen LogP contribution in [0, 0.1) is 0 Å². The highest BCUT2D eigenvalue weighted by molar-refractivity contribution is 7.91. The lowest BCUT2D eigenvalue weighted by Crippen LogP contribution is -2.47. The van der Waals surface area contributed by atoms with Crippen molar-refractivity contribution in [1.29, 1.82) is 0 Å². The first-order valence-electron chi connectivity index (χ1n) is 5.18. The van der Waals surface area contributed by atoms with Gasteiger partial charge in [0.1, 0.15) is 12.6 Å². The van der Waals surface area contributed by atoms with E-state index in [0.717, 1.165) is 5.01 Å². The highest BCUT2D eigenvalue weighted by Gasteiger charge is 2.35. The molecule has 19 heavy (non-hydrogen) atoms. The van der Waals surface area contributed by atoms with Gasteiger partial charge < -0.3 is 19.6 Å². The number of hydrazine groups is 1. The average Bonchev–Trinajstić information content (AvgIpc) is 2.50. The van der Waals surface area contributed by atoms with E-state index in [4.69, 9.17) is 19.6 Å². The monoisotopic (exact) mass is 338 g/mol. The van der Waals surface area contributed by atoms with Gasteiger partial charge >= 0.3 is 15.2 Å². The zero-order valence-corrected chi connectivity index (χ0v) is 12.4. The summed E-state index contributed by atoms with van der Waals surface area (Å²) in [6.07, 6.45) is -1.48. The lowest BCUT2D eigenvalue weighted by Gasteiger charge is -2.28. The Balaban J connectivity index is 2.75. The average molecular weight is 338 g/mol. The highest BCUT2D eigenvalue weighted by Crippen LogP contribution is 2.37. The number of rotatable bonds is 6. The summed E-state index contributed by atoms with van der Waals surface area (Å²) in [6, 6.07) is -0.718. The molecule has 10 nitrogen and oxygen atoms in total. The van der Waals surface area contributed by atoms with Crippen LogP contribution in [0.3, 0.4) is 0 Å². The molecule has 1 heterocycles. The number of nitrogens with zero attached hydrogens (tertiary/aromatic N) is 1. The van der Waals surface area contributed by atoms with Crippen LogP contribution in [-0.4, -0.2) is 63.1 Å². The summed E-state index contributed by atoms with van der Waals surface area (Å²) < 4.78 is 44.3. The van der Waals surface area contributed by atoms with Crippen molar-refractivity contribution in [2.45, 2.75) is 12.5 Å². The predicted octanol–water partition coefficient (Wildman–Crippen LogP) is -1.75. The van der Waals surface area contributed by atoms with Gasteiger partial charge in [-0.25, -0.2) is 18.9 Å². The summed E-state index contributed by atoms with van der Waals surface area (Å²) in [5, 5.41) is 0.907. The van der Waals surface area contributed by atoms with Crippen molar-refractivity contribution in [2.75, 3.05) is 24.1 Å². The van der Waals surface area contributed by atoms with Gasteiger partial charge in [-0.15, -0.1) is 0 Å². The Morgan fingerprint density at radius 3 is 2.11 bits per heavy atom. The van der Waals surface area contributed by atoms with Crippen molar-refractivity contribution in [3.05, 3.63) is 0 Å². The van der Waals surface area contributed by atoms with Gasteiger partial charge in [-0.2, -0.15) is 0 Å². The van der Waals surface area contributed by atoms with E-state index in [1.54, 1.807) is 0 Å². The second-order valence-electron chi connectivity index (χ2n) is 4.31. The van der Waals surface area contributed by atoms with Crippen molar-refractivity contribution in [1.82, 2.24) is 10.4 Å². The maximum absolute atomic E-state index is 11.3. The van der Waals surface area contributed by atoms with Gasteiger partial charge in [0, 0.05) is 6.04 Å². The Bertz CT molecular complexity index is 509.